The molecule has 17 heavy (non-hydrogen) atoms. The zero-order chi connectivity index (χ0) is 11.8. The summed E-state index contributed by atoms with van der Waals surface area (Å²) in [6, 6.07) is 5.08. The molecule has 1 aliphatic heterocycles. The molecule has 2 aliphatic rings. The van der Waals surface area contributed by atoms with E-state index >= 15 is 0 Å². The second kappa shape index (κ2) is 4.33. The highest BCUT2D eigenvalue weighted by Crippen LogP contribution is 2.41. The molecule has 0 aromatic heterocycles. The van der Waals surface area contributed by atoms with Crippen LogP contribution in [0.2, 0.25) is 0 Å². The van der Waals surface area contributed by atoms with E-state index in [9.17, 15) is 4.39 Å². The number of benzene rings is 1. The molecular formula is C13H15FN2S. The van der Waals surface area contributed by atoms with E-state index in [0.717, 1.165) is 23.3 Å². The number of hydrogen-bond acceptors (Lipinski definition) is 3. The normalized spacial score (nSPS) is 23.6. The number of rotatable bonds is 2. The molecule has 1 N–H and O–H groups in total. The van der Waals surface area contributed by atoms with Crippen molar-refractivity contribution >= 4 is 22.6 Å². The molecule has 1 aromatic rings. The Morgan fingerprint density at radius 3 is 2.94 bits per heavy atom. The molecule has 0 amide bonds. The van der Waals surface area contributed by atoms with Crippen molar-refractivity contribution < 1.29 is 4.39 Å². The molecule has 1 saturated carbocycles. The van der Waals surface area contributed by atoms with Gasteiger partial charge in [0.2, 0.25) is 0 Å². The Kier molecular flexibility index (Phi) is 2.82. The van der Waals surface area contributed by atoms with Crippen molar-refractivity contribution in [1.29, 1.82) is 0 Å². The standard InChI is InChI=1S/C13H15FN2S/c1-8-6-10(4-5-11(8)14)16-13-15-7-12(17-13)9-2-3-9/h4-6,9,12H,2-3,7H2,1H3,(H,15,16). The Morgan fingerprint density at radius 1 is 1.41 bits per heavy atom. The minimum atomic E-state index is -0.160. The Labute approximate surface area is 105 Å². The van der Waals surface area contributed by atoms with Crippen LogP contribution in [0.25, 0.3) is 0 Å². The Bertz CT molecular complexity index is 468. The lowest BCUT2D eigenvalue weighted by Crippen LogP contribution is -2.09. The van der Waals surface area contributed by atoms with E-state index in [1.54, 1.807) is 13.0 Å². The molecule has 1 unspecified atom stereocenters. The summed E-state index contributed by atoms with van der Waals surface area (Å²) in [6.45, 7) is 2.70. The summed E-state index contributed by atoms with van der Waals surface area (Å²) in [6.07, 6.45) is 2.71. The first kappa shape index (κ1) is 11.1. The van der Waals surface area contributed by atoms with Gasteiger partial charge in [-0.3, -0.25) is 4.99 Å². The van der Waals surface area contributed by atoms with Crippen LogP contribution in [0.4, 0.5) is 10.1 Å². The van der Waals surface area contributed by atoms with Crippen LogP contribution in [0, 0.1) is 18.7 Å². The van der Waals surface area contributed by atoms with Gasteiger partial charge in [0.15, 0.2) is 5.17 Å². The Morgan fingerprint density at radius 2 is 2.24 bits per heavy atom. The van der Waals surface area contributed by atoms with Gasteiger partial charge in [-0.15, -0.1) is 0 Å². The Balaban J connectivity index is 1.64. The highest BCUT2D eigenvalue weighted by molar-refractivity contribution is 8.15. The number of amidine groups is 1. The van der Waals surface area contributed by atoms with Gasteiger partial charge in [-0.1, -0.05) is 11.8 Å². The van der Waals surface area contributed by atoms with E-state index in [1.165, 1.54) is 18.9 Å². The first-order valence-electron chi connectivity index (χ1n) is 5.96. The summed E-state index contributed by atoms with van der Waals surface area (Å²) >= 11 is 1.83. The minimum Gasteiger partial charge on any atom is -0.335 e. The molecular weight excluding hydrogens is 235 g/mol. The fourth-order valence-corrected chi connectivity index (χ4v) is 3.25. The molecule has 1 heterocycles. The summed E-state index contributed by atoms with van der Waals surface area (Å²) in [7, 11) is 0. The summed E-state index contributed by atoms with van der Waals surface area (Å²) < 4.78 is 13.1. The SMILES string of the molecule is Cc1cc(NC2=NCC(C3CC3)S2)ccc1F. The third-order valence-corrected chi connectivity index (χ3v) is 4.53. The molecule has 1 atom stereocenters. The van der Waals surface area contributed by atoms with Crippen LogP contribution in [0.1, 0.15) is 18.4 Å². The van der Waals surface area contributed by atoms with Crippen LogP contribution in [-0.2, 0) is 0 Å². The second-order valence-electron chi connectivity index (χ2n) is 4.73. The van der Waals surface area contributed by atoms with E-state index in [0.29, 0.717) is 10.8 Å². The number of nitrogens with zero attached hydrogens (tertiary/aromatic N) is 1. The van der Waals surface area contributed by atoms with Gasteiger partial charge in [-0.25, -0.2) is 4.39 Å². The van der Waals surface area contributed by atoms with Crippen molar-refractivity contribution in [3.05, 3.63) is 29.6 Å². The van der Waals surface area contributed by atoms with Crippen LogP contribution in [0.3, 0.4) is 0 Å². The van der Waals surface area contributed by atoms with E-state index in [2.05, 4.69) is 10.3 Å². The van der Waals surface area contributed by atoms with E-state index in [4.69, 9.17) is 0 Å². The predicted octanol–water partition coefficient (Wildman–Crippen LogP) is 3.43. The molecule has 4 heteroatoms. The molecule has 0 bridgehead atoms. The largest absolute Gasteiger partial charge is 0.335 e. The average Bonchev–Trinajstić information content (AvgIpc) is 3.06. The van der Waals surface area contributed by atoms with Crippen LogP contribution in [-0.4, -0.2) is 17.0 Å². The van der Waals surface area contributed by atoms with Crippen molar-refractivity contribution in [2.75, 3.05) is 11.9 Å². The van der Waals surface area contributed by atoms with Gasteiger partial charge in [0.1, 0.15) is 5.82 Å². The lowest BCUT2D eigenvalue weighted by atomic mass is 10.2. The van der Waals surface area contributed by atoms with E-state index in [1.807, 2.05) is 17.8 Å². The maximum Gasteiger partial charge on any atom is 0.161 e. The molecule has 2 nitrogen and oxygen atoms in total. The van der Waals surface area contributed by atoms with Crippen LogP contribution >= 0.6 is 11.8 Å². The van der Waals surface area contributed by atoms with Crippen LogP contribution < -0.4 is 5.32 Å². The van der Waals surface area contributed by atoms with Gasteiger partial charge in [-0.2, -0.15) is 0 Å². The van der Waals surface area contributed by atoms with E-state index < -0.39 is 0 Å². The van der Waals surface area contributed by atoms with Gasteiger partial charge in [0.05, 0.1) is 6.54 Å². The maximum absolute atomic E-state index is 13.1. The molecule has 0 spiro atoms. The van der Waals surface area contributed by atoms with E-state index in [-0.39, 0.29) is 5.82 Å². The summed E-state index contributed by atoms with van der Waals surface area (Å²) in [5, 5.41) is 4.91. The number of halogens is 1. The van der Waals surface area contributed by atoms with Crippen molar-refractivity contribution in [2.24, 2.45) is 10.9 Å². The minimum absolute atomic E-state index is 0.160. The summed E-state index contributed by atoms with van der Waals surface area (Å²) in [5.41, 5.74) is 1.59. The van der Waals surface area contributed by atoms with Gasteiger partial charge in [0, 0.05) is 10.9 Å². The number of hydrogen-bond donors (Lipinski definition) is 1. The second-order valence-corrected chi connectivity index (χ2v) is 5.96. The molecule has 1 aliphatic carbocycles. The lowest BCUT2D eigenvalue weighted by molar-refractivity contribution is 0.619. The zero-order valence-electron chi connectivity index (χ0n) is 9.74. The number of anilines is 1. The zero-order valence-corrected chi connectivity index (χ0v) is 10.6. The fourth-order valence-electron chi connectivity index (χ4n) is 2.02. The topological polar surface area (TPSA) is 24.4 Å². The first-order valence-corrected chi connectivity index (χ1v) is 6.84. The molecule has 1 fully saturated rings. The van der Waals surface area contributed by atoms with Crippen molar-refractivity contribution in [2.45, 2.75) is 25.0 Å². The molecule has 0 saturated heterocycles. The number of thioether (sulfide) groups is 1. The van der Waals surface area contributed by atoms with Crippen molar-refractivity contribution in [1.82, 2.24) is 0 Å². The summed E-state index contributed by atoms with van der Waals surface area (Å²) in [5.74, 6) is 0.713. The molecule has 1 aromatic carbocycles. The molecule has 90 valence electrons. The van der Waals surface area contributed by atoms with Crippen molar-refractivity contribution in [3.8, 4) is 0 Å². The maximum atomic E-state index is 13.1. The van der Waals surface area contributed by atoms with Crippen LogP contribution in [0.5, 0.6) is 0 Å². The molecule has 3 rings (SSSR count). The highest BCUT2D eigenvalue weighted by atomic mass is 32.2. The molecule has 0 radical (unpaired) electrons. The monoisotopic (exact) mass is 250 g/mol. The number of nitrogens with one attached hydrogen (secondary N) is 1. The third-order valence-electron chi connectivity index (χ3n) is 3.23. The highest BCUT2D eigenvalue weighted by Gasteiger charge is 2.35. The fraction of sp³-hybridized carbons (Fsp3) is 0.462. The van der Waals surface area contributed by atoms with Crippen LogP contribution in [0.15, 0.2) is 23.2 Å². The lowest BCUT2D eigenvalue weighted by Gasteiger charge is -2.08. The van der Waals surface area contributed by atoms with Crippen molar-refractivity contribution in [3.63, 3.8) is 0 Å². The number of aliphatic imine (C=N–C) groups is 1. The predicted molar refractivity (Wildman–Crippen MR) is 71.2 cm³/mol. The summed E-state index contributed by atoms with van der Waals surface area (Å²) in [4.78, 5) is 4.50. The number of aryl methyl sites for hydroxylation is 1. The smallest absolute Gasteiger partial charge is 0.161 e. The third kappa shape index (κ3) is 2.46. The first-order chi connectivity index (χ1) is 8.22. The van der Waals surface area contributed by atoms with Gasteiger partial charge in [0.25, 0.3) is 0 Å². The average molecular weight is 250 g/mol. The van der Waals surface area contributed by atoms with Gasteiger partial charge < -0.3 is 5.32 Å². The Hall–Kier alpha value is -1.03. The van der Waals surface area contributed by atoms with Gasteiger partial charge in [-0.05, 0) is 49.4 Å². The van der Waals surface area contributed by atoms with Gasteiger partial charge >= 0.3 is 0 Å². The quantitative estimate of drug-likeness (QED) is 0.869.